The number of aromatic nitrogens is 2. The number of ether oxygens (including phenoxy) is 1. The first kappa shape index (κ1) is 21.9. The van der Waals surface area contributed by atoms with Crippen molar-refractivity contribution in [2.24, 2.45) is 0 Å². The fourth-order valence-electron chi connectivity index (χ4n) is 3.91. The van der Waals surface area contributed by atoms with Crippen molar-refractivity contribution in [2.75, 3.05) is 25.2 Å². The molecular weight excluding hydrogens is 438 g/mol. The van der Waals surface area contributed by atoms with E-state index in [0.29, 0.717) is 22.7 Å². The maximum absolute atomic E-state index is 13.3. The van der Waals surface area contributed by atoms with E-state index in [1.54, 1.807) is 13.1 Å². The number of esters is 1. The van der Waals surface area contributed by atoms with Crippen LogP contribution in [0.3, 0.4) is 0 Å². The Labute approximate surface area is 184 Å². The number of fused-ring (bicyclic) bond motifs is 3. The topological polar surface area (TPSA) is 112 Å². The van der Waals surface area contributed by atoms with Crippen LogP contribution in [0.25, 0.3) is 21.8 Å². The van der Waals surface area contributed by atoms with E-state index in [1.165, 1.54) is 22.6 Å². The van der Waals surface area contributed by atoms with E-state index < -0.39 is 16.0 Å². The molecule has 0 radical (unpaired) electrons. The number of carbonyl (C=O) groups excluding carboxylic acids is 1. The zero-order valence-corrected chi connectivity index (χ0v) is 19.1. The van der Waals surface area contributed by atoms with Gasteiger partial charge in [0.15, 0.2) is 0 Å². The van der Waals surface area contributed by atoms with Crippen molar-refractivity contribution in [3.63, 3.8) is 0 Å². The Bertz CT molecular complexity index is 1290. The van der Waals surface area contributed by atoms with Crippen LogP contribution in [0.1, 0.15) is 36.5 Å². The van der Waals surface area contributed by atoms with Gasteiger partial charge in [-0.3, -0.25) is 4.79 Å². The van der Waals surface area contributed by atoms with Crippen molar-refractivity contribution in [1.29, 1.82) is 0 Å². The lowest BCUT2D eigenvalue weighted by Gasteiger charge is -2.30. The smallest absolute Gasteiger partial charge is 0.340 e. The summed E-state index contributed by atoms with van der Waals surface area (Å²) < 4.78 is 33.3. The van der Waals surface area contributed by atoms with Gasteiger partial charge in [-0.2, -0.15) is 16.1 Å². The molecule has 3 heterocycles. The van der Waals surface area contributed by atoms with E-state index in [4.69, 9.17) is 4.74 Å². The quantitative estimate of drug-likeness (QED) is 0.543. The third-order valence-corrected chi connectivity index (χ3v) is 8.61. The van der Waals surface area contributed by atoms with Crippen LogP contribution in [0.2, 0.25) is 0 Å². The van der Waals surface area contributed by atoms with Crippen LogP contribution in [0.15, 0.2) is 34.1 Å². The van der Waals surface area contributed by atoms with Crippen LogP contribution in [0.5, 0.6) is 0 Å². The molecule has 1 saturated heterocycles. The highest BCUT2D eigenvalue weighted by molar-refractivity contribution is 7.99. The summed E-state index contributed by atoms with van der Waals surface area (Å²) >= 11 is 1.84. The summed E-state index contributed by atoms with van der Waals surface area (Å²) in [6, 6.07) is 4.56. The van der Waals surface area contributed by atoms with Gasteiger partial charge < -0.3 is 14.7 Å². The van der Waals surface area contributed by atoms with Crippen molar-refractivity contribution in [3.05, 3.63) is 40.3 Å². The number of benzene rings is 1. The second kappa shape index (κ2) is 8.68. The summed E-state index contributed by atoms with van der Waals surface area (Å²) in [6.45, 7) is 2.15. The molecule has 0 amide bonds. The maximum Gasteiger partial charge on any atom is 0.340 e. The number of thioether (sulfide) groups is 1. The molecule has 31 heavy (non-hydrogen) atoms. The van der Waals surface area contributed by atoms with Crippen molar-refractivity contribution >= 4 is 49.6 Å². The molecule has 10 heteroatoms. The standard InChI is InChI=1S/C21H25N3O5S2/c1-3-8-29-21(26)16-12-22-19-18(16)15-11-14(4-5-17(15)23-20(19)25)31(27,28)24(2)13-6-9-30-10-7-13/h4-5,11-13,22H,3,6-10H2,1-2H3,(H,23,25). The van der Waals surface area contributed by atoms with Crippen LogP contribution in [-0.4, -0.2) is 59.9 Å². The van der Waals surface area contributed by atoms with Crippen molar-refractivity contribution in [2.45, 2.75) is 37.1 Å². The van der Waals surface area contributed by atoms with Crippen molar-refractivity contribution < 1.29 is 17.9 Å². The largest absolute Gasteiger partial charge is 0.462 e. The lowest BCUT2D eigenvalue weighted by molar-refractivity contribution is 0.0507. The average molecular weight is 464 g/mol. The zero-order chi connectivity index (χ0) is 22.2. The number of sulfonamides is 1. The lowest BCUT2D eigenvalue weighted by Crippen LogP contribution is -2.39. The molecule has 3 aromatic rings. The van der Waals surface area contributed by atoms with Crippen LogP contribution < -0.4 is 5.56 Å². The minimum atomic E-state index is -3.73. The van der Waals surface area contributed by atoms with Crippen LogP contribution >= 0.6 is 11.8 Å². The number of rotatable bonds is 6. The average Bonchev–Trinajstić information content (AvgIpc) is 3.23. The highest BCUT2D eigenvalue weighted by Crippen LogP contribution is 2.30. The molecule has 0 bridgehead atoms. The molecule has 0 spiro atoms. The van der Waals surface area contributed by atoms with Gasteiger partial charge in [0.25, 0.3) is 5.56 Å². The molecular formula is C21H25N3O5S2. The molecule has 0 saturated carbocycles. The molecule has 0 aliphatic carbocycles. The fourth-order valence-corrected chi connectivity index (χ4v) is 6.44. The number of carbonyl (C=O) groups is 1. The number of H-pyrrole nitrogens is 2. The summed E-state index contributed by atoms with van der Waals surface area (Å²) in [5.41, 5.74) is 0.497. The van der Waals surface area contributed by atoms with E-state index >= 15 is 0 Å². The second-order valence-corrected chi connectivity index (χ2v) is 10.8. The predicted octanol–water partition coefficient (Wildman–Crippen LogP) is 3.09. The maximum atomic E-state index is 13.3. The van der Waals surface area contributed by atoms with Gasteiger partial charge in [-0.25, -0.2) is 13.2 Å². The molecule has 8 nitrogen and oxygen atoms in total. The summed E-state index contributed by atoms with van der Waals surface area (Å²) in [6.07, 6.45) is 3.74. The highest BCUT2D eigenvalue weighted by atomic mass is 32.2. The first-order valence-corrected chi connectivity index (χ1v) is 12.8. The van der Waals surface area contributed by atoms with Gasteiger partial charge in [0.1, 0.15) is 5.52 Å². The van der Waals surface area contributed by atoms with E-state index in [0.717, 1.165) is 24.3 Å². The Hall–Kier alpha value is -2.30. The predicted molar refractivity (Wildman–Crippen MR) is 122 cm³/mol. The number of pyridine rings is 1. The molecule has 1 aromatic carbocycles. The first-order chi connectivity index (χ1) is 14.8. The number of hydrogen-bond acceptors (Lipinski definition) is 6. The van der Waals surface area contributed by atoms with Crippen molar-refractivity contribution in [3.8, 4) is 0 Å². The van der Waals surface area contributed by atoms with E-state index in [-0.39, 0.29) is 34.2 Å². The Kier molecular flexibility index (Phi) is 6.14. The van der Waals surface area contributed by atoms with Crippen LogP contribution in [-0.2, 0) is 14.8 Å². The second-order valence-electron chi connectivity index (χ2n) is 7.61. The number of aromatic amines is 2. The minimum absolute atomic E-state index is 0.0376. The Morgan fingerprint density at radius 2 is 2.03 bits per heavy atom. The van der Waals surface area contributed by atoms with Gasteiger partial charge in [-0.15, -0.1) is 0 Å². The highest BCUT2D eigenvalue weighted by Gasteiger charge is 2.30. The molecule has 0 atom stereocenters. The molecule has 0 unspecified atom stereocenters. The summed E-state index contributed by atoms with van der Waals surface area (Å²) in [4.78, 5) is 30.7. The Balaban J connectivity index is 1.85. The Morgan fingerprint density at radius 1 is 1.29 bits per heavy atom. The Morgan fingerprint density at radius 3 is 2.74 bits per heavy atom. The summed E-state index contributed by atoms with van der Waals surface area (Å²) in [5.74, 6) is 1.33. The molecule has 2 N–H and O–H groups in total. The fraction of sp³-hybridized carbons (Fsp3) is 0.429. The van der Waals surface area contributed by atoms with Gasteiger partial charge in [-0.05, 0) is 49.0 Å². The number of nitrogens with one attached hydrogen (secondary N) is 2. The van der Waals surface area contributed by atoms with Crippen molar-refractivity contribution in [1.82, 2.24) is 14.3 Å². The monoisotopic (exact) mass is 463 g/mol. The van der Waals surface area contributed by atoms with Crippen LogP contribution in [0.4, 0.5) is 0 Å². The lowest BCUT2D eigenvalue weighted by atomic mass is 10.1. The first-order valence-electron chi connectivity index (χ1n) is 10.2. The molecule has 2 aromatic heterocycles. The van der Waals surface area contributed by atoms with E-state index in [1.807, 2.05) is 18.7 Å². The third kappa shape index (κ3) is 3.99. The molecule has 166 valence electrons. The third-order valence-electron chi connectivity index (χ3n) is 5.66. The van der Waals surface area contributed by atoms with Gasteiger partial charge in [0.2, 0.25) is 10.0 Å². The molecule has 4 rings (SSSR count). The molecule has 1 fully saturated rings. The van der Waals surface area contributed by atoms with Gasteiger partial charge in [0, 0.05) is 35.6 Å². The summed E-state index contributed by atoms with van der Waals surface area (Å²) in [5, 5.41) is 0.849. The molecule has 1 aliphatic rings. The zero-order valence-electron chi connectivity index (χ0n) is 17.4. The number of nitrogens with zero attached hydrogens (tertiary/aromatic N) is 1. The SMILES string of the molecule is CCCOC(=O)c1c[nH]c2c(=O)[nH]c3ccc(S(=O)(=O)N(C)C4CCSCC4)cc3c12. The molecule has 1 aliphatic heterocycles. The van der Waals surface area contributed by atoms with Gasteiger partial charge in [-0.1, -0.05) is 6.92 Å². The van der Waals surface area contributed by atoms with Crippen LogP contribution in [0, 0.1) is 0 Å². The van der Waals surface area contributed by atoms with E-state index in [9.17, 15) is 18.0 Å². The van der Waals surface area contributed by atoms with E-state index in [2.05, 4.69) is 9.97 Å². The normalized spacial score (nSPS) is 15.7. The minimum Gasteiger partial charge on any atom is -0.462 e. The number of hydrogen-bond donors (Lipinski definition) is 2. The van der Waals surface area contributed by atoms with Gasteiger partial charge >= 0.3 is 5.97 Å². The van der Waals surface area contributed by atoms with Gasteiger partial charge in [0.05, 0.1) is 17.1 Å². The summed E-state index contributed by atoms with van der Waals surface area (Å²) in [7, 11) is -2.12.